The number of hydrogen-bond acceptors (Lipinski definition) is 5. The molecule has 0 spiro atoms. The van der Waals surface area contributed by atoms with Gasteiger partial charge in [0.1, 0.15) is 5.03 Å². The molecule has 0 fully saturated rings. The quantitative estimate of drug-likeness (QED) is 0.619. The van der Waals surface area contributed by atoms with E-state index >= 15 is 0 Å². The van der Waals surface area contributed by atoms with Crippen LogP contribution in [0, 0.1) is 0 Å². The van der Waals surface area contributed by atoms with E-state index in [1.165, 1.54) is 11.8 Å². The van der Waals surface area contributed by atoms with Gasteiger partial charge >= 0.3 is 6.18 Å². The van der Waals surface area contributed by atoms with Crippen molar-refractivity contribution in [3.05, 3.63) is 11.8 Å². The van der Waals surface area contributed by atoms with Gasteiger partial charge in [0.15, 0.2) is 5.69 Å². The molecule has 0 bridgehead atoms. The lowest BCUT2D eigenvalue weighted by Crippen LogP contribution is -2.15. The summed E-state index contributed by atoms with van der Waals surface area (Å²) >= 11 is 1.29. The van der Waals surface area contributed by atoms with Crippen molar-refractivity contribution >= 4 is 17.7 Å². The largest absolute Gasteiger partial charge is 0.433 e. The molecule has 0 unspecified atom stereocenters. The Morgan fingerprint density at radius 2 is 2.00 bits per heavy atom. The fraction of sp³-hybridized carbons (Fsp3) is 0.667. The second-order valence-corrected chi connectivity index (χ2v) is 5.61. The molecule has 8 heteroatoms. The molecule has 1 aromatic rings. The minimum Gasteiger partial charge on any atom is -0.354 e. The predicted octanol–water partition coefficient (Wildman–Crippen LogP) is 2.97. The first-order valence-electron chi connectivity index (χ1n) is 6.30. The number of anilines is 1. The smallest absolute Gasteiger partial charge is 0.354 e. The first-order chi connectivity index (χ1) is 9.32. The molecule has 1 aromatic heterocycles. The van der Waals surface area contributed by atoms with Crippen molar-refractivity contribution in [2.24, 2.45) is 0 Å². The zero-order chi connectivity index (χ0) is 15.2. The van der Waals surface area contributed by atoms with Crippen molar-refractivity contribution in [2.45, 2.75) is 24.5 Å². The number of nitrogens with one attached hydrogen (secondary N) is 1. The first-order valence-corrected chi connectivity index (χ1v) is 7.29. The molecule has 0 aliphatic rings. The average molecular weight is 308 g/mol. The van der Waals surface area contributed by atoms with Crippen molar-refractivity contribution in [3.63, 3.8) is 0 Å². The monoisotopic (exact) mass is 308 g/mol. The number of rotatable bonds is 7. The zero-order valence-corrected chi connectivity index (χ0v) is 12.6. The highest BCUT2D eigenvalue weighted by atomic mass is 32.2. The van der Waals surface area contributed by atoms with E-state index in [-0.39, 0.29) is 5.95 Å². The Morgan fingerprint density at radius 3 is 2.55 bits per heavy atom. The van der Waals surface area contributed by atoms with Crippen LogP contribution in [0.25, 0.3) is 0 Å². The lowest BCUT2D eigenvalue weighted by Gasteiger charge is -2.12. The molecule has 0 aliphatic carbocycles. The Balaban J connectivity index is 2.86. The third-order valence-corrected chi connectivity index (χ3v) is 3.21. The summed E-state index contributed by atoms with van der Waals surface area (Å²) in [5.74, 6) is 0.711. The lowest BCUT2D eigenvalue weighted by molar-refractivity contribution is -0.141. The fourth-order valence-corrected chi connectivity index (χ4v) is 2.30. The number of nitrogens with zero attached hydrogens (tertiary/aromatic N) is 3. The maximum absolute atomic E-state index is 12.8. The summed E-state index contributed by atoms with van der Waals surface area (Å²) in [4.78, 5) is 9.59. The molecule has 0 radical (unpaired) electrons. The summed E-state index contributed by atoms with van der Waals surface area (Å²) in [5.41, 5.74) is -0.904. The summed E-state index contributed by atoms with van der Waals surface area (Å²) in [6, 6.07) is 0.997. The second-order valence-electron chi connectivity index (χ2n) is 4.49. The summed E-state index contributed by atoms with van der Waals surface area (Å²) in [6.45, 7) is 3.24. The van der Waals surface area contributed by atoms with Crippen LogP contribution in [0.2, 0.25) is 0 Å². The van der Waals surface area contributed by atoms with Crippen LogP contribution < -0.4 is 5.32 Å². The van der Waals surface area contributed by atoms with Gasteiger partial charge in [-0.2, -0.15) is 13.2 Å². The third-order valence-electron chi connectivity index (χ3n) is 2.31. The maximum atomic E-state index is 12.8. The Hall–Kier alpha value is -1.02. The van der Waals surface area contributed by atoms with Crippen LogP contribution >= 0.6 is 11.8 Å². The molecule has 0 aromatic carbocycles. The van der Waals surface area contributed by atoms with Gasteiger partial charge in [-0.1, -0.05) is 6.92 Å². The summed E-state index contributed by atoms with van der Waals surface area (Å²) in [7, 11) is 3.83. The molecular weight excluding hydrogens is 289 g/mol. The minimum absolute atomic E-state index is 0.0361. The van der Waals surface area contributed by atoms with E-state index in [4.69, 9.17) is 0 Å². The van der Waals surface area contributed by atoms with E-state index < -0.39 is 11.9 Å². The number of hydrogen-bond donors (Lipinski definition) is 1. The SMILES string of the molecule is CCCNc1nc(SCCN(C)C)cc(C(F)(F)F)n1. The highest BCUT2D eigenvalue weighted by Crippen LogP contribution is 2.30. The van der Waals surface area contributed by atoms with E-state index in [9.17, 15) is 13.2 Å². The van der Waals surface area contributed by atoms with E-state index in [1.54, 1.807) is 0 Å². The summed E-state index contributed by atoms with van der Waals surface area (Å²) in [5, 5.41) is 3.14. The zero-order valence-electron chi connectivity index (χ0n) is 11.8. The second kappa shape index (κ2) is 7.68. The van der Waals surface area contributed by atoms with Gasteiger partial charge < -0.3 is 10.2 Å². The Bertz CT molecular complexity index is 424. The van der Waals surface area contributed by atoms with Crippen molar-refractivity contribution in [1.82, 2.24) is 14.9 Å². The van der Waals surface area contributed by atoms with E-state index in [2.05, 4.69) is 15.3 Å². The van der Waals surface area contributed by atoms with Gasteiger partial charge in [-0.3, -0.25) is 0 Å². The van der Waals surface area contributed by atoms with Crippen LogP contribution in [0.3, 0.4) is 0 Å². The van der Waals surface area contributed by atoms with Gasteiger partial charge in [0, 0.05) is 24.9 Å². The van der Waals surface area contributed by atoms with Gasteiger partial charge in [-0.05, 0) is 20.5 Å². The molecule has 4 nitrogen and oxygen atoms in total. The van der Waals surface area contributed by atoms with Gasteiger partial charge in [0.25, 0.3) is 0 Å². The number of halogens is 3. The van der Waals surface area contributed by atoms with Crippen molar-refractivity contribution in [3.8, 4) is 0 Å². The third kappa shape index (κ3) is 5.96. The topological polar surface area (TPSA) is 41.1 Å². The molecule has 114 valence electrons. The first kappa shape index (κ1) is 17.0. The van der Waals surface area contributed by atoms with Gasteiger partial charge in [0.05, 0.1) is 0 Å². The molecule has 0 aliphatic heterocycles. The van der Waals surface area contributed by atoms with Gasteiger partial charge in [-0.25, -0.2) is 9.97 Å². The van der Waals surface area contributed by atoms with Crippen molar-refractivity contribution in [1.29, 1.82) is 0 Å². The van der Waals surface area contributed by atoms with Gasteiger partial charge in [-0.15, -0.1) is 11.8 Å². The van der Waals surface area contributed by atoms with Crippen LogP contribution in [0.5, 0.6) is 0 Å². The normalized spacial score (nSPS) is 11.9. The molecule has 0 saturated carbocycles. The molecule has 0 atom stereocenters. The van der Waals surface area contributed by atoms with E-state index in [0.717, 1.165) is 19.0 Å². The fourth-order valence-electron chi connectivity index (χ4n) is 1.29. The van der Waals surface area contributed by atoms with Crippen molar-refractivity contribution < 1.29 is 13.2 Å². The summed E-state index contributed by atoms with van der Waals surface area (Å²) in [6.07, 6.45) is -3.66. The molecule has 1 rings (SSSR count). The molecule has 20 heavy (non-hydrogen) atoms. The number of thioether (sulfide) groups is 1. The molecular formula is C12H19F3N4S. The molecule has 0 amide bonds. The van der Waals surface area contributed by atoms with E-state index in [0.29, 0.717) is 17.3 Å². The minimum atomic E-state index is -4.46. The van der Waals surface area contributed by atoms with Crippen LogP contribution in [-0.4, -0.2) is 47.8 Å². The Labute approximate surface area is 121 Å². The standard InChI is InChI=1S/C12H19F3N4S/c1-4-5-16-11-17-9(12(13,14)15)8-10(18-11)20-7-6-19(2)3/h8H,4-7H2,1-3H3,(H,16,17,18). The van der Waals surface area contributed by atoms with Gasteiger partial charge in [0.2, 0.25) is 5.95 Å². The number of alkyl halides is 3. The van der Waals surface area contributed by atoms with Crippen LogP contribution in [-0.2, 0) is 6.18 Å². The Morgan fingerprint density at radius 1 is 1.30 bits per heavy atom. The average Bonchev–Trinajstić information content (AvgIpc) is 2.34. The highest BCUT2D eigenvalue weighted by molar-refractivity contribution is 7.99. The lowest BCUT2D eigenvalue weighted by atomic mass is 10.4. The van der Waals surface area contributed by atoms with Crippen molar-refractivity contribution in [2.75, 3.05) is 38.3 Å². The summed E-state index contributed by atoms with van der Waals surface area (Å²) < 4.78 is 38.4. The maximum Gasteiger partial charge on any atom is 0.433 e. The highest BCUT2D eigenvalue weighted by Gasteiger charge is 2.33. The molecule has 1 N–H and O–H groups in total. The molecule has 0 saturated heterocycles. The van der Waals surface area contributed by atoms with Crippen LogP contribution in [0.1, 0.15) is 19.0 Å². The van der Waals surface area contributed by atoms with Crippen LogP contribution in [0.4, 0.5) is 19.1 Å². The molecule has 1 heterocycles. The van der Waals surface area contributed by atoms with E-state index in [1.807, 2.05) is 25.9 Å². The van der Waals surface area contributed by atoms with Crippen LogP contribution in [0.15, 0.2) is 11.1 Å². The Kier molecular flexibility index (Phi) is 6.54. The predicted molar refractivity (Wildman–Crippen MR) is 75.1 cm³/mol. The number of aromatic nitrogens is 2.